The van der Waals surface area contributed by atoms with Gasteiger partial charge >= 0.3 is 5.97 Å². The quantitative estimate of drug-likeness (QED) is 0.480. The number of nitrogens with one attached hydrogen (secondary N) is 1. The maximum absolute atomic E-state index is 13.0. The molecular weight excluding hydrogens is 374 g/mol. The molecule has 0 fully saturated rings. The molecule has 0 aliphatic rings. The number of Topliss-reactive ketones (excluding diaryl/α,β-unsaturated/α-hetero) is 1. The van der Waals surface area contributed by atoms with Gasteiger partial charge in [0.1, 0.15) is 11.3 Å². The molecule has 0 saturated heterocycles. The lowest BCUT2D eigenvalue weighted by Gasteiger charge is -2.16. The van der Waals surface area contributed by atoms with Crippen LogP contribution in [0.1, 0.15) is 33.3 Å². The SMILES string of the molecule is COc1cc(OC)c(C(=O)OC(C)C(=O)c2c(C)[nH]c3ccccc23)cc1OC. The van der Waals surface area contributed by atoms with Gasteiger partial charge in [0.25, 0.3) is 0 Å². The van der Waals surface area contributed by atoms with E-state index in [9.17, 15) is 9.59 Å². The van der Waals surface area contributed by atoms with E-state index in [1.54, 1.807) is 6.92 Å². The fourth-order valence-electron chi connectivity index (χ4n) is 3.26. The first-order valence-electron chi connectivity index (χ1n) is 9.03. The number of ketones is 1. The number of carbonyl (C=O) groups excluding carboxylic acids is 2. The Labute approximate surface area is 168 Å². The summed E-state index contributed by atoms with van der Waals surface area (Å²) in [5.74, 6) is 0.0515. The van der Waals surface area contributed by atoms with E-state index in [4.69, 9.17) is 18.9 Å². The van der Waals surface area contributed by atoms with E-state index in [-0.39, 0.29) is 17.1 Å². The second-order valence-corrected chi connectivity index (χ2v) is 6.49. The molecule has 1 atom stereocenters. The summed E-state index contributed by atoms with van der Waals surface area (Å²) in [4.78, 5) is 29.0. The van der Waals surface area contributed by atoms with Crippen molar-refractivity contribution < 1.29 is 28.5 Å². The predicted molar refractivity (Wildman–Crippen MR) is 108 cm³/mol. The largest absolute Gasteiger partial charge is 0.496 e. The Kier molecular flexibility index (Phi) is 5.77. The Morgan fingerprint density at radius 1 is 0.931 bits per heavy atom. The van der Waals surface area contributed by atoms with Crippen LogP contribution < -0.4 is 14.2 Å². The molecule has 3 aromatic rings. The molecule has 3 rings (SSSR count). The molecule has 1 unspecified atom stereocenters. The summed E-state index contributed by atoms with van der Waals surface area (Å²) in [6.07, 6.45) is -0.988. The fraction of sp³-hybridized carbons (Fsp3) is 0.273. The van der Waals surface area contributed by atoms with Crippen LogP contribution in [-0.2, 0) is 4.74 Å². The van der Waals surface area contributed by atoms with Crippen LogP contribution in [0, 0.1) is 6.92 Å². The van der Waals surface area contributed by atoms with Crippen molar-refractivity contribution in [3.8, 4) is 17.2 Å². The third-order valence-corrected chi connectivity index (χ3v) is 4.72. The number of hydrogen-bond acceptors (Lipinski definition) is 6. The van der Waals surface area contributed by atoms with Gasteiger partial charge in [0.05, 0.1) is 21.3 Å². The monoisotopic (exact) mass is 397 g/mol. The summed E-state index contributed by atoms with van der Waals surface area (Å²) in [6.45, 7) is 3.37. The van der Waals surface area contributed by atoms with Gasteiger partial charge in [0.15, 0.2) is 17.6 Å². The van der Waals surface area contributed by atoms with Gasteiger partial charge in [-0.15, -0.1) is 0 Å². The van der Waals surface area contributed by atoms with E-state index in [2.05, 4.69) is 4.98 Å². The second kappa shape index (κ2) is 8.26. The summed E-state index contributed by atoms with van der Waals surface area (Å²) in [7, 11) is 4.38. The molecule has 0 aliphatic carbocycles. The molecule has 7 heteroatoms. The van der Waals surface area contributed by atoms with Gasteiger partial charge in [0, 0.05) is 34.3 Å². The number of aryl methyl sites for hydroxylation is 1. The highest BCUT2D eigenvalue weighted by Gasteiger charge is 2.27. The standard InChI is InChI=1S/C22H23NO6/c1-12-20(14-8-6-7-9-16(14)23-12)21(24)13(2)29-22(25)15-10-18(27-4)19(28-5)11-17(15)26-3/h6-11,13,23H,1-5H3. The van der Waals surface area contributed by atoms with Crippen molar-refractivity contribution in [2.24, 2.45) is 0 Å². The van der Waals surface area contributed by atoms with Gasteiger partial charge in [-0.05, 0) is 19.9 Å². The first-order valence-corrected chi connectivity index (χ1v) is 9.03. The average molecular weight is 397 g/mol. The van der Waals surface area contributed by atoms with E-state index in [0.717, 1.165) is 16.6 Å². The highest BCUT2D eigenvalue weighted by molar-refractivity contribution is 6.11. The van der Waals surface area contributed by atoms with Crippen molar-refractivity contribution in [3.05, 3.63) is 53.2 Å². The van der Waals surface area contributed by atoms with Crippen molar-refractivity contribution in [1.82, 2.24) is 4.98 Å². The number of carbonyl (C=O) groups is 2. The van der Waals surface area contributed by atoms with Gasteiger partial charge in [0.2, 0.25) is 5.78 Å². The molecule has 0 radical (unpaired) electrons. The molecule has 152 valence electrons. The van der Waals surface area contributed by atoms with Crippen molar-refractivity contribution in [2.45, 2.75) is 20.0 Å². The second-order valence-electron chi connectivity index (χ2n) is 6.49. The van der Waals surface area contributed by atoms with E-state index >= 15 is 0 Å². The van der Waals surface area contributed by atoms with Crippen LogP contribution in [0.25, 0.3) is 10.9 Å². The summed E-state index contributed by atoms with van der Waals surface area (Å²) in [5.41, 5.74) is 2.23. The number of fused-ring (bicyclic) bond motifs is 1. The van der Waals surface area contributed by atoms with Crippen LogP contribution in [0.15, 0.2) is 36.4 Å². The van der Waals surface area contributed by atoms with E-state index in [1.165, 1.54) is 33.5 Å². The number of benzene rings is 2. The number of aromatic nitrogens is 1. The summed E-state index contributed by atoms with van der Waals surface area (Å²) in [6, 6.07) is 10.5. The van der Waals surface area contributed by atoms with Crippen LogP contribution in [0.3, 0.4) is 0 Å². The minimum absolute atomic E-state index is 0.139. The third-order valence-electron chi connectivity index (χ3n) is 4.72. The van der Waals surface area contributed by atoms with Crippen molar-refractivity contribution in [3.63, 3.8) is 0 Å². The average Bonchev–Trinajstić information content (AvgIpc) is 3.07. The zero-order chi connectivity index (χ0) is 21.1. The van der Waals surface area contributed by atoms with Gasteiger partial charge in [-0.3, -0.25) is 4.79 Å². The number of ether oxygens (including phenoxy) is 4. The maximum Gasteiger partial charge on any atom is 0.342 e. The smallest absolute Gasteiger partial charge is 0.342 e. The van der Waals surface area contributed by atoms with E-state index in [1.807, 2.05) is 31.2 Å². The molecule has 0 saturated carbocycles. The van der Waals surface area contributed by atoms with Gasteiger partial charge in [-0.1, -0.05) is 18.2 Å². The lowest BCUT2D eigenvalue weighted by atomic mass is 10.0. The highest BCUT2D eigenvalue weighted by Crippen LogP contribution is 2.35. The van der Waals surface area contributed by atoms with E-state index < -0.39 is 12.1 Å². The number of esters is 1. The van der Waals surface area contributed by atoms with Crippen LogP contribution >= 0.6 is 0 Å². The molecule has 29 heavy (non-hydrogen) atoms. The number of para-hydroxylation sites is 1. The molecule has 0 aliphatic heterocycles. The number of rotatable bonds is 7. The Bertz CT molecular complexity index is 1070. The first kappa shape index (κ1) is 20.3. The Hall–Kier alpha value is -3.48. The first-order chi connectivity index (χ1) is 13.9. The molecule has 1 heterocycles. The van der Waals surface area contributed by atoms with Crippen molar-refractivity contribution in [1.29, 1.82) is 0 Å². The van der Waals surface area contributed by atoms with Crippen LogP contribution in [0.2, 0.25) is 0 Å². The topological polar surface area (TPSA) is 86.9 Å². The molecule has 7 nitrogen and oxygen atoms in total. The van der Waals surface area contributed by atoms with Crippen molar-refractivity contribution in [2.75, 3.05) is 21.3 Å². The molecule has 1 aromatic heterocycles. The summed E-state index contributed by atoms with van der Waals surface area (Å²) < 4.78 is 21.2. The number of H-pyrrole nitrogens is 1. The normalized spacial score (nSPS) is 11.8. The maximum atomic E-state index is 13.0. The van der Waals surface area contributed by atoms with Crippen LogP contribution in [0.4, 0.5) is 0 Å². The molecule has 0 bridgehead atoms. The summed E-state index contributed by atoms with van der Waals surface area (Å²) in [5, 5.41) is 0.793. The number of hydrogen-bond donors (Lipinski definition) is 1. The molecule has 1 N–H and O–H groups in total. The molecule has 2 aromatic carbocycles. The van der Waals surface area contributed by atoms with Crippen LogP contribution in [0.5, 0.6) is 17.2 Å². The lowest BCUT2D eigenvalue weighted by molar-refractivity contribution is 0.0315. The van der Waals surface area contributed by atoms with Gasteiger partial charge in [-0.2, -0.15) is 0 Å². The number of aromatic amines is 1. The van der Waals surface area contributed by atoms with Crippen molar-refractivity contribution >= 4 is 22.7 Å². The number of methoxy groups -OCH3 is 3. The van der Waals surface area contributed by atoms with Gasteiger partial charge < -0.3 is 23.9 Å². The summed E-state index contributed by atoms with van der Waals surface area (Å²) >= 11 is 0. The Morgan fingerprint density at radius 3 is 2.21 bits per heavy atom. The minimum Gasteiger partial charge on any atom is -0.496 e. The molecule has 0 spiro atoms. The van der Waals surface area contributed by atoms with E-state index in [0.29, 0.717) is 17.1 Å². The zero-order valence-electron chi connectivity index (χ0n) is 17.0. The minimum atomic E-state index is -0.988. The Morgan fingerprint density at radius 2 is 1.55 bits per heavy atom. The third kappa shape index (κ3) is 3.76. The zero-order valence-corrected chi connectivity index (χ0v) is 17.0. The van der Waals surface area contributed by atoms with Crippen LogP contribution in [-0.4, -0.2) is 44.2 Å². The Balaban J connectivity index is 1.89. The molecular formula is C22H23NO6. The predicted octanol–water partition coefficient (Wildman–Crippen LogP) is 3.93. The fourth-order valence-corrected chi connectivity index (χ4v) is 3.26. The van der Waals surface area contributed by atoms with Gasteiger partial charge in [-0.25, -0.2) is 4.79 Å². The lowest BCUT2D eigenvalue weighted by Crippen LogP contribution is -2.25. The molecule has 0 amide bonds. The highest BCUT2D eigenvalue weighted by atomic mass is 16.5.